The van der Waals surface area contributed by atoms with Crippen molar-refractivity contribution in [1.29, 1.82) is 0 Å². The Kier molecular flexibility index (Phi) is 5.01. The van der Waals surface area contributed by atoms with E-state index in [2.05, 4.69) is 19.9 Å². The van der Waals surface area contributed by atoms with Gasteiger partial charge in [0.1, 0.15) is 11.4 Å². The average Bonchev–Trinajstić information content (AvgIpc) is 3.11. The molecule has 0 atom stereocenters. The maximum Gasteiger partial charge on any atom is 0.266 e. The fraction of sp³-hybridized carbons (Fsp3) is 0.235. The number of aryl methyl sites for hydroxylation is 2. The number of hydrogen-bond acceptors (Lipinski definition) is 7. The minimum Gasteiger partial charge on any atom is -0.496 e. The zero-order valence-electron chi connectivity index (χ0n) is 14.6. The van der Waals surface area contributed by atoms with Crippen molar-refractivity contribution in [2.24, 2.45) is 0 Å². The molecule has 0 saturated heterocycles. The molecule has 0 unspecified atom stereocenters. The molecule has 0 radical (unpaired) electrons. The highest BCUT2D eigenvalue weighted by Crippen LogP contribution is 2.25. The monoisotopic (exact) mass is 374 g/mol. The topological polar surface area (TPSA) is 107 Å². The van der Waals surface area contributed by atoms with Crippen molar-refractivity contribution in [2.45, 2.75) is 25.3 Å². The predicted molar refractivity (Wildman–Crippen MR) is 94.0 cm³/mol. The normalized spacial score (nSPS) is 11.5. The summed E-state index contributed by atoms with van der Waals surface area (Å²) < 4.78 is 38.4. The first-order valence-electron chi connectivity index (χ1n) is 7.79. The number of ether oxygens (including phenoxy) is 1. The van der Waals surface area contributed by atoms with Crippen LogP contribution in [0, 0.1) is 13.8 Å². The average molecular weight is 374 g/mol. The first-order chi connectivity index (χ1) is 12.4. The van der Waals surface area contributed by atoms with Gasteiger partial charge in [-0.2, -0.15) is 0 Å². The maximum absolute atomic E-state index is 12.6. The summed E-state index contributed by atoms with van der Waals surface area (Å²) in [5.74, 6) is 1.02. The van der Waals surface area contributed by atoms with Gasteiger partial charge < -0.3 is 9.15 Å². The number of aromatic nitrogens is 3. The number of benzene rings is 1. The summed E-state index contributed by atoms with van der Waals surface area (Å²) >= 11 is 0. The molecule has 3 aromatic rings. The number of nitrogens with zero attached hydrogens (tertiary/aromatic N) is 3. The summed E-state index contributed by atoms with van der Waals surface area (Å²) in [5, 5.41) is 7.74. The molecule has 26 heavy (non-hydrogen) atoms. The van der Waals surface area contributed by atoms with E-state index in [4.69, 9.17) is 9.15 Å². The molecule has 3 rings (SSSR count). The van der Waals surface area contributed by atoms with Crippen LogP contribution in [0.3, 0.4) is 0 Å². The number of pyridine rings is 1. The van der Waals surface area contributed by atoms with Crippen LogP contribution in [-0.4, -0.2) is 30.7 Å². The van der Waals surface area contributed by atoms with E-state index in [0.717, 1.165) is 5.56 Å². The minimum atomic E-state index is -3.74. The van der Waals surface area contributed by atoms with Gasteiger partial charge in [0.2, 0.25) is 15.9 Å². The van der Waals surface area contributed by atoms with Gasteiger partial charge in [-0.15, -0.1) is 10.2 Å². The van der Waals surface area contributed by atoms with E-state index in [1.165, 1.54) is 0 Å². The van der Waals surface area contributed by atoms with Crippen LogP contribution in [0.2, 0.25) is 0 Å². The van der Waals surface area contributed by atoms with Crippen molar-refractivity contribution in [1.82, 2.24) is 19.9 Å². The van der Waals surface area contributed by atoms with Crippen LogP contribution in [0.15, 0.2) is 45.8 Å². The second-order valence-corrected chi connectivity index (χ2v) is 7.36. The number of sulfonamides is 1. The Morgan fingerprint density at radius 2 is 1.96 bits per heavy atom. The Hall–Kier alpha value is -2.78. The Morgan fingerprint density at radius 3 is 2.65 bits per heavy atom. The third-order valence-electron chi connectivity index (χ3n) is 3.75. The van der Waals surface area contributed by atoms with Crippen LogP contribution < -0.4 is 9.46 Å². The van der Waals surface area contributed by atoms with Gasteiger partial charge in [-0.05, 0) is 49.2 Å². The Balaban J connectivity index is 1.77. The first kappa shape index (κ1) is 18.0. The number of methoxy groups -OCH3 is 1. The molecular weight excluding hydrogens is 356 g/mol. The Bertz CT molecular complexity index is 1020. The minimum absolute atomic E-state index is 0.118. The summed E-state index contributed by atoms with van der Waals surface area (Å²) in [6.07, 6.45) is 1.61. The van der Waals surface area contributed by atoms with Crippen molar-refractivity contribution in [3.8, 4) is 17.3 Å². The third kappa shape index (κ3) is 3.73. The van der Waals surface area contributed by atoms with E-state index < -0.39 is 10.0 Å². The summed E-state index contributed by atoms with van der Waals surface area (Å²) in [7, 11) is -2.20. The maximum atomic E-state index is 12.6. The summed E-state index contributed by atoms with van der Waals surface area (Å²) in [4.78, 5) is 4.29. The molecule has 2 aromatic heterocycles. The lowest BCUT2D eigenvalue weighted by molar-refractivity contribution is 0.411. The largest absolute Gasteiger partial charge is 0.496 e. The van der Waals surface area contributed by atoms with Crippen LogP contribution in [0.4, 0.5) is 0 Å². The highest BCUT2D eigenvalue weighted by molar-refractivity contribution is 7.89. The van der Waals surface area contributed by atoms with Crippen molar-refractivity contribution >= 4 is 10.0 Å². The lowest BCUT2D eigenvalue weighted by Crippen LogP contribution is -2.24. The number of hydrogen-bond donors (Lipinski definition) is 1. The van der Waals surface area contributed by atoms with Crippen molar-refractivity contribution in [2.75, 3.05) is 7.11 Å². The lowest BCUT2D eigenvalue weighted by Gasteiger charge is -2.12. The standard InChI is InChI=1S/C17H18N4O4S/c1-11-9-15(12(2)8-14(11)24-3)26(22,23)19-10-16-20-21-17(25-16)13-6-4-5-7-18-13/h4-9,19H,10H2,1-3H3. The van der Waals surface area contributed by atoms with Crippen LogP contribution in [-0.2, 0) is 16.6 Å². The highest BCUT2D eigenvalue weighted by Gasteiger charge is 2.20. The summed E-state index contributed by atoms with van der Waals surface area (Å²) in [5.41, 5.74) is 1.84. The van der Waals surface area contributed by atoms with Gasteiger partial charge in [0, 0.05) is 6.20 Å². The molecule has 0 spiro atoms. The van der Waals surface area contributed by atoms with E-state index in [1.807, 2.05) is 0 Å². The molecule has 2 heterocycles. The van der Waals surface area contributed by atoms with Crippen LogP contribution in [0.25, 0.3) is 11.6 Å². The predicted octanol–water partition coefficient (Wildman–Crippen LogP) is 2.24. The van der Waals surface area contributed by atoms with Gasteiger partial charge in [-0.1, -0.05) is 6.07 Å². The van der Waals surface area contributed by atoms with Gasteiger partial charge in [0.05, 0.1) is 18.6 Å². The van der Waals surface area contributed by atoms with E-state index in [0.29, 0.717) is 17.0 Å². The number of nitrogens with one attached hydrogen (secondary N) is 1. The molecule has 0 aliphatic rings. The molecule has 0 bridgehead atoms. The molecule has 1 N–H and O–H groups in total. The Labute approximate surface area is 151 Å². The zero-order chi connectivity index (χ0) is 18.7. The first-order valence-corrected chi connectivity index (χ1v) is 9.27. The second-order valence-electron chi connectivity index (χ2n) is 5.63. The zero-order valence-corrected chi connectivity index (χ0v) is 15.4. The van der Waals surface area contributed by atoms with Crippen LogP contribution in [0.5, 0.6) is 5.75 Å². The van der Waals surface area contributed by atoms with Gasteiger partial charge in [-0.3, -0.25) is 4.98 Å². The van der Waals surface area contributed by atoms with Crippen LogP contribution in [0.1, 0.15) is 17.0 Å². The summed E-state index contributed by atoms with van der Waals surface area (Å²) in [6.45, 7) is 3.38. The Morgan fingerprint density at radius 1 is 1.15 bits per heavy atom. The summed E-state index contributed by atoms with van der Waals surface area (Å²) in [6, 6.07) is 8.56. The molecule has 1 aromatic carbocycles. The second kappa shape index (κ2) is 7.22. The van der Waals surface area contributed by atoms with E-state index in [1.54, 1.807) is 57.5 Å². The smallest absolute Gasteiger partial charge is 0.266 e. The highest BCUT2D eigenvalue weighted by atomic mass is 32.2. The molecular formula is C17H18N4O4S. The molecule has 0 saturated carbocycles. The van der Waals surface area contributed by atoms with Crippen molar-refractivity contribution < 1.29 is 17.6 Å². The van der Waals surface area contributed by atoms with Gasteiger partial charge in [0.15, 0.2) is 0 Å². The molecule has 8 nitrogen and oxygen atoms in total. The molecule has 9 heteroatoms. The van der Waals surface area contributed by atoms with Crippen molar-refractivity contribution in [3.05, 3.63) is 53.5 Å². The van der Waals surface area contributed by atoms with Crippen LogP contribution >= 0.6 is 0 Å². The van der Waals surface area contributed by atoms with Gasteiger partial charge in [0.25, 0.3) is 5.89 Å². The van der Waals surface area contributed by atoms with Crippen molar-refractivity contribution in [3.63, 3.8) is 0 Å². The van der Waals surface area contributed by atoms with Gasteiger partial charge in [-0.25, -0.2) is 13.1 Å². The van der Waals surface area contributed by atoms with E-state index in [9.17, 15) is 8.42 Å². The SMILES string of the molecule is COc1cc(C)c(S(=O)(=O)NCc2nnc(-c3ccccn3)o2)cc1C. The molecule has 136 valence electrons. The molecule has 0 aliphatic carbocycles. The lowest BCUT2D eigenvalue weighted by atomic mass is 10.1. The van der Waals surface area contributed by atoms with Gasteiger partial charge >= 0.3 is 0 Å². The fourth-order valence-corrected chi connectivity index (χ4v) is 3.71. The molecule has 0 fully saturated rings. The molecule has 0 aliphatic heterocycles. The third-order valence-corrected chi connectivity index (χ3v) is 5.29. The van der Waals surface area contributed by atoms with E-state index in [-0.39, 0.29) is 23.2 Å². The number of rotatable bonds is 6. The fourth-order valence-electron chi connectivity index (χ4n) is 2.42. The quantitative estimate of drug-likeness (QED) is 0.705. The van der Waals surface area contributed by atoms with E-state index >= 15 is 0 Å². The molecule has 0 amide bonds.